The van der Waals surface area contributed by atoms with Crippen LogP contribution in [0.5, 0.6) is 0 Å². The van der Waals surface area contributed by atoms with Gasteiger partial charge in [-0.3, -0.25) is 0 Å². The summed E-state index contributed by atoms with van der Waals surface area (Å²) < 4.78 is 2.30. The molecular formula is C42H36N+. The molecule has 1 aliphatic heterocycles. The number of allylic oxidation sites excluding steroid dienone is 1. The Morgan fingerprint density at radius 1 is 0.488 bits per heavy atom. The number of hydrogen-bond acceptors (Lipinski definition) is 0. The minimum Gasteiger partial charge on any atom is -0.164 e. The molecule has 0 bridgehead atoms. The van der Waals surface area contributed by atoms with E-state index in [4.69, 9.17) is 0 Å². The van der Waals surface area contributed by atoms with Crippen molar-refractivity contribution in [2.75, 3.05) is 0 Å². The van der Waals surface area contributed by atoms with Gasteiger partial charge in [-0.15, -0.1) is 0 Å². The Kier molecular flexibility index (Phi) is 6.87. The second kappa shape index (κ2) is 11.0. The highest BCUT2D eigenvalue weighted by Gasteiger charge is 2.45. The summed E-state index contributed by atoms with van der Waals surface area (Å²) in [5, 5.41) is 0. The molecule has 0 aliphatic carbocycles. The monoisotopic (exact) mass is 554 g/mol. The van der Waals surface area contributed by atoms with E-state index in [2.05, 4.69) is 171 Å². The zero-order valence-electron chi connectivity index (χ0n) is 24.9. The fourth-order valence-corrected chi connectivity index (χ4v) is 6.94. The molecule has 0 amide bonds. The third-order valence-electron chi connectivity index (χ3n) is 9.40. The van der Waals surface area contributed by atoms with E-state index >= 15 is 0 Å². The Morgan fingerprint density at radius 2 is 0.977 bits per heavy atom. The maximum absolute atomic E-state index is 4.60. The van der Waals surface area contributed by atoms with Gasteiger partial charge in [-0.05, 0) is 106 Å². The van der Waals surface area contributed by atoms with Crippen molar-refractivity contribution in [2.45, 2.75) is 32.1 Å². The van der Waals surface area contributed by atoms with Crippen LogP contribution in [0.15, 0.2) is 152 Å². The Labute approximate surface area is 255 Å². The van der Waals surface area contributed by atoms with Gasteiger partial charge in [0.15, 0.2) is 11.9 Å². The smallest absolute Gasteiger partial charge is 0.164 e. The molecule has 6 aromatic rings. The first-order valence-corrected chi connectivity index (χ1v) is 15.3. The van der Waals surface area contributed by atoms with E-state index in [1.807, 2.05) is 0 Å². The first-order valence-electron chi connectivity index (χ1n) is 15.3. The Balaban J connectivity index is 1.36. The van der Waals surface area contributed by atoms with Crippen molar-refractivity contribution >= 4 is 5.70 Å². The van der Waals surface area contributed by atoms with Crippen molar-refractivity contribution in [3.05, 3.63) is 158 Å². The van der Waals surface area contributed by atoms with Gasteiger partial charge >= 0.3 is 0 Å². The highest BCUT2D eigenvalue weighted by atomic mass is 15.0. The van der Waals surface area contributed by atoms with Crippen molar-refractivity contribution in [1.82, 2.24) is 0 Å². The van der Waals surface area contributed by atoms with Crippen LogP contribution in [0.1, 0.15) is 32.3 Å². The molecule has 0 unspecified atom stereocenters. The lowest BCUT2D eigenvalue weighted by molar-refractivity contribution is -0.577. The summed E-state index contributed by atoms with van der Waals surface area (Å²) in [4.78, 5) is 0. The predicted molar refractivity (Wildman–Crippen MR) is 181 cm³/mol. The van der Waals surface area contributed by atoms with Gasteiger partial charge in [-0.1, -0.05) is 105 Å². The predicted octanol–water partition coefficient (Wildman–Crippen LogP) is 10.9. The first kappa shape index (κ1) is 26.9. The lowest BCUT2D eigenvalue weighted by Crippen LogP contribution is -2.48. The molecule has 1 heteroatoms. The molecule has 0 radical (unpaired) electrons. The number of hydrogen-bond donors (Lipinski definition) is 0. The molecule has 208 valence electrons. The van der Waals surface area contributed by atoms with E-state index in [1.54, 1.807) is 0 Å². The van der Waals surface area contributed by atoms with Crippen LogP contribution in [0.3, 0.4) is 0 Å². The van der Waals surface area contributed by atoms with E-state index < -0.39 is 0 Å². The minimum atomic E-state index is -0.0690. The summed E-state index contributed by atoms with van der Waals surface area (Å²) in [5.41, 5.74) is 14.8. The van der Waals surface area contributed by atoms with Crippen molar-refractivity contribution in [1.29, 1.82) is 0 Å². The van der Waals surface area contributed by atoms with Crippen LogP contribution in [0.4, 0.5) is 0 Å². The van der Waals surface area contributed by atoms with Crippen molar-refractivity contribution in [3.8, 4) is 55.8 Å². The average Bonchev–Trinajstić information content (AvgIpc) is 3.09. The van der Waals surface area contributed by atoms with E-state index in [9.17, 15) is 0 Å². The molecular weight excluding hydrogens is 518 g/mol. The fourth-order valence-electron chi connectivity index (χ4n) is 6.94. The maximum atomic E-state index is 4.60. The summed E-state index contributed by atoms with van der Waals surface area (Å²) in [7, 11) is 0. The highest BCUT2D eigenvalue weighted by molar-refractivity contribution is 5.84. The number of pyridine rings is 1. The van der Waals surface area contributed by atoms with Gasteiger partial charge < -0.3 is 0 Å². The van der Waals surface area contributed by atoms with Crippen LogP contribution in [0.2, 0.25) is 0 Å². The Bertz CT molecular complexity index is 1890. The van der Waals surface area contributed by atoms with Crippen LogP contribution >= 0.6 is 0 Å². The van der Waals surface area contributed by atoms with Crippen LogP contribution in [-0.4, -0.2) is 0 Å². The number of rotatable bonds is 6. The third-order valence-corrected chi connectivity index (χ3v) is 9.40. The van der Waals surface area contributed by atoms with E-state index in [-0.39, 0.29) is 5.41 Å². The molecule has 0 saturated heterocycles. The van der Waals surface area contributed by atoms with Gasteiger partial charge in [0, 0.05) is 12.1 Å². The second-order valence-corrected chi connectivity index (χ2v) is 11.6. The summed E-state index contributed by atoms with van der Waals surface area (Å²) >= 11 is 0. The molecule has 1 aromatic heterocycles. The number of fused-ring (bicyclic) bond motifs is 3. The molecule has 2 heterocycles. The zero-order chi connectivity index (χ0) is 29.4. The average molecular weight is 555 g/mol. The number of nitrogens with zero attached hydrogens (tertiary/aromatic N) is 1. The van der Waals surface area contributed by atoms with E-state index in [0.29, 0.717) is 0 Å². The van der Waals surface area contributed by atoms with Crippen molar-refractivity contribution < 1.29 is 4.57 Å². The van der Waals surface area contributed by atoms with Crippen molar-refractivity contribution in [3.63, 3.8) is 0 Å². The topological polar surface area (TPSA) is 3.88 Å². The van der Waals surface area contributed by atoms with Gasteiger partial charge in [-0.2, -0.15) is 4.57 Å². The molecule has 43 heavy (non-hydrogen) atoms. The molecule has 5 aromatic carbocycles. The molecule has 1 nitrogen and oxygen atoms in total. The standard InChI is InChI=1S/C42H36N/c1-4-42(5-2)30(3)43-24-13-12-21-41(43)39-29-35(22-23-40(39)42)33-19-14-20-34(25-33)38-27-36(31-15-8-6-9-16-31)26-37(28-38)32-17-10-7-11-18-32/h6-29H,3-5H2,1-2H3/q+1. The molecule has 0 saturated carbocycles. The van der Waals surface area contributed by atoms with Gasteiger partial charge in [0.1, 0.15) is 0 Å². The quantitative estimate of drug-likeness (QED) is 0.180. The summed E-state index contributed by atoms with van der Waals surface area (Å²) in [5.74, 6) is 0. The Morgan fingerprint density at radius 3 is 1.58 bits per heavy atom. The van der Waals surface area contributed by atoms with Gasteiger partial charge in [0.2, 0.25) is 5.69 Å². The van der Waals surface area contributed by atoms with E-state index in [0.717, 1.165) is 12.8 Å². The van der Waals surface area contributed by atoms with Crippen LogP contribution in [0, 0.1) is 0 Å². The zero-order valence-corrected chi connectivity index (χ0v) is 24.9. The van der Waals surface area contributed by atoms with Crippen LogP contribution in [-0.2, 0) is 5.41 Å². The van der Waals surface area contributed by atoms with E-state index in [1.165, 1.54) is 67.0 Å². The second-order valence-electron chi connectivity index (χ2n) is 11.6. The van der Waals surface area contributed by atoms with Crippen LogP contribution in [0.25, 0.3) is 61.5 Å². The lowest BCUT2D eigenvalue weighted by Gasteiger charge is -2.35. The molecule has 0 fully saturated rings. The van der Waals surface area contributed by atoms with Gasteiger partial charge in [-0.25, -0.2) is 0 Å². The lowest BCUT2D eigenvalue weighted by atomic mass is 9.68. The third kappa shape index (κ3) is 4.62. The largest absolute Gasteiger partial charge is 0.218 e. The minimum absolute atomic E-state index is 0.0690. The van der Waals surface area contributed by atoms with Gasteiger partial charge in [0.05, 0.1) is 11.0 Å². The molecule has 0 spiro atoms. The van der Waals surface area contributed by atoms with Gasteiger partial charge in [0.25, 0.3) is 0 Å². The molecule has 7 rings (SSSR count). The number of benzene rings is 5. The fraction of sp³-hybridized carbons (Fsp3) is 0.119. The summed E-state index contributed by atoms with van der Waals surface area (Å²) in [6.45, 7) is 9.17. The normalized spacial score (nSPS) is 13.3. The van der Waals surface area contributed by atoms with Crippen molar-refractivity contribution in [2.24, 2.45) is 0 Å². The maximum Gasteiger partial charge on any atom is 0.218 e. The summed E-state index contributed by atoms with van der Waals surface area (Å²) in [6, 6.07) is 50.8. The summed E-state index contributed by atoms with van der Waals surface area (Å²) in [6.07, 6.45) is 4.21. The molecule has 0 N–H and O–H groups in total. The molecule has 0 atom stereocenters. The highest BCUT2D eigenvalue weighted by Crippen LogP contribution is 2.47. The first-order chi connectivity index (χ1) is 21.1. The number of aromatic nitrogens is 1. The SMILES string of the molecule is C=C1[n+]2ccccc2-c2cc(-c3cccc(-c4cc(-c5ccccc5)cc(-c5ccccc5)c4)c3)ccc2C1(CC)CC. The molecule has 1 aliphatic rings. The Hall–Kier alpha value is -5.01. The van der Waals surface area contributed by atoms with Crippen LogP contribution < -0.4 is 4.57 Å².